The van der Waals surface area contributed by atoms with E-state index < -0.39 is 0 Å². The van der Waals surface area contributed by atoms with Gasteiger partial charge in [0.25, 0.3) is 0 Å². The smallest absolute Gasteiger partial charge is 0.246 e. The molecular formula is C19H22N2O3. The molecule has 0 aliphatic carbocycles. The first-order valence-electron chi connectivity index (χ1n) is 7.69. The fourth-order valence-corrected chi connectivity index (χ4v) is 2.20. The SMILES string of the molecule is COc1ccc(CCN(C)C(=O)/C=C/c2ccccn2)cc1OC. The van der Waals surface area contributed by atoms with Crippen LogP contribution in [0, 0.1) is 0 Å². The molecule has 2 rings (SSSR count). The lowest BCUT2D eigenvalue weighted by Crippen LogP contribution is -2.27. The second-order valence-corrected chi connectivity index (χ2v) is 5.29. The van der Waals surface area contributed by atoms with Crippen LogP contribution in [0.2, 0.25) is 0 Å². The van der Waals surface area contributed by atoms with Crippen LogP contribution in [-0.2, 0) is 11.2 Å². The zero-order chi connectivity index (χ0) is 17.4. The van der Waals surface area contributed by atoms with Crippen molar-refractivity contribution in [1.82, 2.24) is 9.88 Å². The summed E-state index contributed by atoms with van der Waals surface area (Å²) < 4.78 is 10.5. The predicted molar refractivity (Wildman–Crippen MR) is 94.2 cm³/mol. The highest BCUT2D eigenvalue weighted by molar-refractivity contribution is 5.91. The fraction of sp³-hybridized carbons (Fsp3) is 0.263. The van der Waals surface area contributed by atoms with E-state index in [-0.39, 0.29) is 5.91 Å². The number of amides is 1. The first-order chi connectivity index (χ1) is 11.6. The molecule has 1 aromatic heterocycles. The normalized spacial score (nSPS) is 10.6. The van der Waals surface area contributed by atoms with Gasteiger partial charge in [-0.3, -0.25) is 9.78 Å². The number of methoxy groups -OCH3 is 2. The number of hydrogen-bond donors (Lipinski definition) is 0. The average molecular weight is 326 g/mol. The van der Waals surface area contributed by atoms with E-state index >= 15 is 0 Å². The summed E-state index contributed by atoms with van der Waals surface area (Å²) in [6.07, 6.45) is 5.69. The lowest BCUT2D eigenvalue weighted by atomic mass is 10.1. The number of rotatable bonds is 7. The van der Waals surface area contributed by atoms with E-state index in [0.29, 0.717) is 18.0 Å². The maximum Gasteiger partial charge on any atom is 0.246 e. The number of benzene rings is 1. The molecule has 0 spiro atoms. The third-order valence-electron chi connectivity index (χ3n) is 3.64. The Kier molecular flexibility index (Phi) is 6.37. The molecule has 0 N–H and O–H groups in total. The first kappa shape index (κ1) is 17.5. The number of pyridine rings is 1. The molecule has 0 bridgehead atoms. The molecule has 5 nitrogen and oxygen atoms in total. The number of carbonyl (C=O) groups is 1. The second kappa shape index (κ2) is 8.72. The number of nitrogens with zero attached hydrogens (tertiary/aromatic N) is 2. The predicted octanol–water partition coefficient (Wildman–Crippen LogP) is 2.81. The molecule has 0 atom stereocenters. The molecule has 5 heteroatoms. The molecule has 24 heavy (non-hydrogen) atoms. The van der Waals surface area contributed by atoms with Gasteiger partial charge in [-0.25, -0.2) is 0 Å². The molecule has 0 radical (unpaired) electrons. The quantitative estimate of drug-likeness (QED) is 0.734. The minimum atomic E-state index is -0.0545. The number of hydrogen-bond acceptors (Lipinski definition) is 4. The van der Waals surface area contributed by atoms with Gasteiger partial charge in [-0.1, -0.05) is 12.1 Å². The van der Waals surface area contributed by atoms with E-state index in [0.717, 1.165) is 17.7 Å². The van der Waals surface area contributed by atoms with Gasteiger partial charge in [0.15, 0.2) is 11.5 Å². The molecule has 2 aromatic rings. The van der Waals surface area contributed by atoms with Gasteiger partial charge in [0.05, 0.1) is 19.9 Å². The lowest BCUT2D eigenvalue weighted by Gasteiger charge is -2.16. The summed E-state index contributed by atoms with van der Waals surface area (Å²) >= 11 is 0. The molecule has 126 valence electrons. The van der Waals surface area contributed by atoms with Crippen LogP contribution in [-0.4, -0.2) is 43.6 Å². The molecule has 1 heterocycles. The van der Waals surface area contributed by atoms with Crippen LogP contribution in [0.4, 0.5) is 0 Å². The number of ether oxygens (including phenoxy) is 2. The molecule has 1 aromatic carbocycles. The van der Waals surface area contributed by atoms with Gasteiger partial charge >= 0.3 is 0 Å². The number of aromatic nitrogens is 1. The van der Waals surface area contributed by atoms with E-state index in [4.69, 9.17) is 9.47 Å². The van der Waals surface area contributed by atoms with Gasteiger partial charge in [0.2, 0.25) is 5.91 Å². The maximum atomic E-state index is 12.1. The summed E-state index contributed by atoms with van der Waals surface area (Å²) in [4.78, 5) is 18.0. The zero-order valence-corrected chi connectivity index (χ0v) is 14.2. The van der Waals surface area contributed by atoms with Crippen LogP contribution >= 0.6 is 0 Å². The highest BCUT2D eigenvalue weighted by atomic mass is 16.5. The van der Waals surface area contributed by atoms with E-state index in [1.807, 2.05) is 36.4 Å². The second-order valence-electron chi connectivity index (χ2n) is 5.29. The number of carbonyl (C=O) groups excluding carboxylic acids is 1. The molecule has 0 fully saturated rings. The topological polar surface area (TPSA) is 51.7 Å². The number of likely N-dealkylation sites (N-methyl/N-ethyl adjacent to an activating group) is 1. The highest BCUT2D eigenvalue weighted by Crippen LogP contribution is 2.27. The van der Waals surface area contributed by atoms with E-state index in [9.17, 15) is 4.79 Å². The summed E-state index contributed by atoms with van der Waals surface area (Å²) in [6.45, 7) is 0.612. The lowest BCUT2D eigenvalue weighted by molar-refractivity contribution is -0.124. The minimum Gasteiger partial charge on any atom is -0.493 e. The fourth-order valence-electron chi connectivity index (χ4n) is 2.20. The third-order valence-corrected chi connectivity index (χ3v) is 3.64. The van der Waals surface area contributed by atoms with Crippen molar-refractivity contribution < 1.29 is 14.3 Å². The molecular weight excluding hydrogens is 304 g/mol. The summed E-state index contributed by atoms with van der Waals surface area (Å²) in [5.74, 6) is 1.34. The van der Waals surface area contributed by atoms with Gasteiger partial charge in [0, 0.05) is 25.9 Å². The summed E-state index contributed by atoms with van der Waals surface area (Å²) in [5, 5.41) is 0. The van der Waals surface area contributed by atoms with Gasteiger partial charge in [-0.15, -0.1) is 0 Å². The van der Waals surface area contributed by atoms with E-state index in [1.54, 1.807) is 38.4 Å². The molecule has 1 amide bonds. The molecule has 0 unspecified atom stereocenters. The molecule has 0 saturated carbocycles. The van der Waals surface area contributed by atoms with Crippen LogP contribution in [0.5, 0.6) is 11.5 Å². The van der Waals surface area contributed by atoms with E-state index in [1.165, 1.54) is 6.08 Å². The van der Waals surface area contributed by atoms with Crippen molar-refractivity contribution in [2.45, 2.75) is 6.42 Å². The van der Waals surface area contributed by atoms with Crippen molar-refractivity contribution in [3.8, 4) is 11.5 Å². The monoisotopic (exact) mass is 326 g/mol. The van der Waals surface area contributed by atoms with Crippen LogP contribution in [0.1, 0.15) is 11.3 Å². The largest absolute Gasteiger partial charge is 0.493 e. The van der Waals surface area contributed by atoms with Crippen molar-refractivity contribution in [3.63, 3.8) is 0 Å². The molecule has 0 aliphatic heterocycles. The highest BCUT2D eigenvalue weighted by Gasteiger charge is 2.08. The van der Waals surface area contributed by atoms with Crippen molar-refractivity contribution >= 4 is 12.0 Å². The van der Waals surface area contributed by atoms with Gasteiger partial charge < -0.3 is 14.4 Å². The minimum absolute atomic E-state index is 0.0545. The summed E-state index contributed by atoms with van der Waals surface area (Å²) in [5.41, 5.74) is 1.85. The zero-order valence-electron chi connectivity index (χ0n) is 14.2. The van der Waals surface area contributed by atoms with Crippen molar-refractivity contribution in [2.75, 3.05) is 27.8 Å². The van der Waals surface area contributed by atoms with Crippen LogP contribution in [0.3, 0.4) is 0 Å². The van der Waals surface area contributed by atoms with Crippen LogP contribution in [0.15, 0.2) is 48.7 Å². The maximum absolute atomic E-state index is 12.1. The van der Waals surface area contributed by atoms with Gasteiger partial charge in [-0.2, -0.15) is 0 Å². The Morgan fingerprint density at radius 1 is 1.17 bits per heavy atom. The van der Waals surface area contributed by atoms with Gasteiger partial charge in [0.1, 0.15) is 0 Å². The Hall–Kier alpha value is -2.82. The Balaban J connectivity index is 1.91. The van der Waals surface area contributed by atoms with Crippen molar-refractivity contribution in [3.05, 3.63) is 59.9 Å². The van der Waals surface area contributed by atoms with Crippen LogP contribution in [0.25, 0.3) is 6.08 Å². The van der Waals surface area contributed by atoms with Crippen molar-refractivity contribution in [1.29, 1.82) is 0 Å². The molecule has 0 aliphatic rings. The average Bonchev–Trinajstić information content (AvgIpc) is 2.64. The van der Waals surface area contributed by atoms with E-state index in [2.05, 4.69) is 4.98 Å². The molecule has 0 saturated heterocycles. The van der Waals surface area contributed by atoms with Crippen LogP contribution < -0.4 is 9.47 Å². The third kappa shape index (κ3) is 4.84. The van der Waals surface area contributed by atoms with Gasteiger partial charge in [-0.05, 0) is 42.3 Å². The summed E-state index contributed by atoms with van der Waals surface area (Å²) in [7, 11) is 5.00. The Bertz CT molecular complexity index is 699. The van der Waals surface area contributed by atoms with Crippen molar-refractivity contribution in [2.24, 2.45) is 0 Å². The Labute approximate surface area is 142 Å². The Morgan fingerprint density at radius 2 is 1.96 bits per heavy atom. The Morgan fingerprint density at radius 3 is 2.62 bits per heavy atom. The summed E-state index contributed by atoms with van der Waals surface area (Å²) in [6, 6.07) is 11.4. The first-order valence-corrected chi connectivity index (χ1v) is 7.69. The standard InChI is InChI=1S/C19H22N2O3/c1-21(19(22)10-8-16-6-4-5-12-20-16)13-11-15-7-9-17(23-2)18(14-15)24-3/h4-10,12,14H,11,13H2,1-3H3/b10-8+.